The van der Waals surface area contributed by atoms with Crippen molar-refractivity contribution in [3.63, 3.8) is 0 Å². The van der Waals surface area contributed by atoms with Crippen LogP contribution in [-0.4, -0.2) is 19.2 Å². The lowest BCUT2D eigenvalue weighted by atomic mass is 10.0. The first kappa shape index (κ1) is 14.8. The third kappa shape index (κ3) is 2.65. The summed E-state index contributed by atoms with van der Waals surface area (Å²) in [6.07, 6.45) is 2.85. The van der Waals surface area contributed by atoms with Crippen molar-refractivity contribution in [2.24, 2.45) is 0 Å². The predicted molar refractivity (Wildman–Crippen MR) is 82.0 cm³/mol. The van der Waals surface area contributed by atoms with Gasteiger partial charge in [-0.15, -0.1) is 0 Å². The Morgan fingerprint density at radius 3 is 3.00 bits per heavy atom. The Labute approximate surface area is 130 Å². The van der Waals surface area contributed by atoms with Gasteiger partial charge in [0.15, 0.2) is 5.76 Å². The highest BCUT2D eigenvalue weighted by atomic mass is 16.5. The minimum absolute atomic E-state index is 0.170. The van der Waals surface area contributed by atoms with Crippen LogP contribution in [0.4, 0.5) is 0 Å². The van der Waals surface area contributed by atoms with Crippen LogP contribution in [0.5, 0.6) is 0 Å². The molecule has 3 rings (SSSR count). The Balaban J connectivity index is 1.96. The minimum Gasteiger partial charge on any atom is -0.491 e. The fourth-order valence-corrected chi connectivity index (χ4v) is 3.12. The zero-order valence-corrected chi connectivity index (χ0v) is 13.2. The summed E-state index contributed by atoms with van der Waals surface area (Å²) in [6.45, 7) is 5.09. The zero-order valence-electron chi connectivity index (χ0n) is 13.2. The quantitative estimate of drug-likeness (QED) is 0.784. The van der Waals surface area contributed by atoms with Gasteiger partial charge in [0.25, 0.3) is 0 Å². The largest absolute Gasteiger partial charge is 0.491 e. The van der Waals surface area contributed by atoms with Crippen molar-refractivity contribution < 1.29 is 19.3 Å². The van der Waals surface area contributed by atoms with E-state index in [1.165, 1.54) is 21.7 Å². The summed E-state index contributed by atoms with van der Waals surface area (Å²) in [7, 11) is 0. The predicted octanol–water partition coefficient (Wildman–Crippen LogP) is 0.0887. The molecule has 0 radical (unpaired) electrons. The number of hydrogen-bond donors (Lipinski definition) is 1. The molecule has 1 N–H and O–H groups in total. The van der Waals surface area contributed by atoms with Crippen LogP contribution in [0.25, 0.3) is 5.57 Å². The van der Waals surface area contributed by atoms with Crippen LogP contribution >= 0.6 is 0 Å². The third-order valence-electron chi connectivity index (χ3n) is 4.18. The number of hydrogen-bond acceptors (Lipinski definition) is 3. The van der Waals surface area contributed by atoms with Gasteiger partial charge in [0, 0.05) is 24.0 Å². The third-order valence-corrected chi connectivity index (χ3v) is 4.18. The van der Waals surface area contributed by atoms with Crippen LogP contribution in [0.1, 0.15) is 38.7 Å². The van der Waals surface area contributed by atoms with Gasteiger partial charge in [-0.3, -0.25) is 4.79 Å². The summed E-state index contributed by atoms with van der Waals surface area (Å²) in [5, 5.41) is 2.49. The molecule has 0 saturated carbocycles. The molecule has 0 unspecified atom stereocenters. The van der Waals surface area contributed by atoms with E-state index in [2.05, 4.69) is 30.1 Å². The molecular weight excluding hydrogens is 278 g/mol. The molecular formula is C18H22NO3+. The van der Waals surface area contributed by atoms with E-state index in [1.54, 1.807) is 0 Å². The van der Waals surface area contributed by atoms with Crippen molar-refractivity contribution in [2.75, 3.05) is 13.2 Å². The number of carbonyl (C=O) groups excluding carboxylic acids is 1. The van der Waals surface area contributed by atoms with Crippen molar-refractivity contribution in [1.29, 1.82) is 0 Å². The maximum Gasteiger partial charge on any atom is 0.306 e. The van der Waals surface area contributed by atoms with Gasteiger partial charge in [-0.1, -0.05) is 19.1 Å². The molecule has 1 aromatic carbocycles. The van der Waals surface area contributed by atoms with Crippen LogP contribution in [0, 0.1) is 0 Å². The average Bonchev–Trinajstić information content (AvgIpc) is 2.92. The topological polar surface area (TPSA) is 49.5 Å². The van der Waals surface area contributed by atoms with Crippen LogP contribution in [0.15, 0.2) is 29.7 Å². The zero-order chi connectivity index (χ0) is 15.5. The summed E-state index contributed by atoms with van der Waals surface area (Å²) in [5.74, 6) is 0.712. The van der Waals surface area contributed by atoms with Crippen LogP contribution in [0.2, 0.25) is 0 Å². The molecule has 0 aromatic heterocycles. The molecule has 116 valence electrons. The highest BCUT2D eigenvalue weighted by Gasteiger charge is 2.29. The lowest BCUT2D eigenvalue weighted by molar-refractivity contribution is -0.437. The van der Waals surface area contributed by atoms with Gasteiger partial charge in [-0.25, -0.2) is 4.99 Å². The molecule has 0 aliphatic carbocycles. The Hall–Kier alpha value is -2.10. The van der Waals surface area contributed by atoms with Crippen LogP contribution < -0.4 is 15.6 Å². The first-order valence-corrected chi connectivity index (χ1v) is 8.01. The first-order valence-electron chi connectivity index (χ1n) is 8.01. The molecule has 22 heavy (non-hydrogen) atoms. The van der Waals surface area contributed by atoms with Gasteiger partial charge in [0.05, 0.1) is 24.9 Å². The monoisotopic (exact) mass is 300 g/mol. The highest BCUT2D eigenvalue weighted by Crippen LogP contribution is 2.24. The standard InChI is InChI=1S/C18H21NO3/c1-3-12-6-5-7-13-14-10-11-22-15(18(14)19-17(12)13)8-9-16(20)21-4-2/h5-7H,3-4,8-11H2,1-2H3/p+1. The number of fused-ring (bicyclic) bond motifs is 2. The number of para-hydroxylation sites is 1. The maximum absolute atomic E-state index is 11.6. The Kier molecular flexibility index (Phi) is 4.27. The van der Waals surface area contributed by atoms with E-state index in [1.807, 2.05) is 6.92 Å². The SMILES string of the molecule is CCOC(=O)CCC1=C2[NH+]=c3c(CC)cccc3=C2CCO1. The molecule has 0 fully saturated rings. The fraction of sp³-hybridized carbons (Fsp3) is 0.444. The van der Waals surface area contributed by atoms with Gasteiger partial charge in [0.2, 0.25) is 11.1 Å². The van der Waals surface area contributed by atoms with E-state index < -0.39 is 0 Å². The number of benzene rings is 1. The normalized spacial score (nSPS) is 15.8. The van der Waals surface area contributed by atoms with Crippen LogP contribution in [-0.2, 0) is 20.7 Å². The van der Waals surface area contributed by atoms with E-state index in [0.717, 1.165) is 24.3 Å². The van der Waals surface area contributed by atoms with Gasteiger partial charge in [0.1, 0.15) is 0 Å². The van der Waals surface area contributed by atoms with Gasteiger partial charge >= 0.3 is 5.97 Å². The van der Waals surface area contributed by atoms with Crippen molar-refractivity contribution >= 4 is 11.5 Å². The molecule has 0 atom stereocenters. The summed E-state index contributed by atoms with van der Waals surface area (Å²) < 4.78 is 10.8. The van der Waals surface area contributed by atoms with E-state index in [4.69, 9.17) is 9.47 Å². The lowest BCUT2D eigenvalue weighted by Gasteiger charge is -2.16. The fourth-order valence-electron chi connectivity index (χ4n) is 3.12. The van der Waals surface area contributed by atoms with Gasteiger partial charge < -0.3 is 9.47 Å². The molecule has 0 spiro atoms. The number of esters is 1. The summed E-state index contributed by atoms with van der Waals surface area (Å²) in [5.41, 5.74) is 3.69. The molecule has 2 heterocycles. The molecule has 0 amide bonds. The smallest absolute Gasteiger partial charge is 0.306 e. The number of rotatable bonds is 5. The van der Waals surface area contributed by atoms with Gasteiger partial charge in [-0.2, -0.15) is 0 Å². The number of allylic oxidation sites excluding steroid dienone is 2. The van der Waals surface area contributed by atoms with Crippen LogP contribution in [0.3, 0.4) is 0 Å². The van der Waals surface area contributed by atoms with E-state index in [9.17, 15) is 4.79 Å². The second-order valence-electron chi connectivity index (χ2n) is 5.50. The van der Waals surface area contributed by atoms with Crippen molar-refractivity contribution in [3.05, 3.63) is 45.8 Å². The molecule has 1 aromatic rings. The number of nitrogens with one attached hydrogen (secondary N) is 1. The number of aryl methyl sites for hydroxylation is 1. The molecule has 4 nitrogen and oxygen atoms in total. The Morgan fingerprint density at radius 1 is 1.36 bits per heavy atom. The van der Waals surface area contributed by atoms with Crippen molar-refractivity contribution in [2.45, 2.75) is 39.5 Å². The second kappa shape index (κ2) is 6.34. The second-order valence-corrected chi connectivity index (χ2v) is 5.50. The summed E-state index contributed by atoms with van der Waals surface area (Å²) in [6, 6.07) is 6.44. The van der Waals surface area contributed by atoms with E-state index >= 15 is 0 Å². The molecule has 4 heteroatoms. The number of carbonyl (C=O) groups is 1. The lowest BCUT2D eigenvalue weighted by Crippen LogP contribution is -2.75. The summed E-state index contributed by atoms with van der Waals surface area (Å²) in [4.78, 5) is 15.1. The molecule has 2 aliphatic heterocycles. The van der Waals surface area contributed by atoms with E-state index in [0.29, 0.717) is 26.1 Å². The molecule has 2 aliphatic rings. The van der Waals surface area contributed by atoms with Gasteiger partial charge in [-0.05, 0) is 19.4 Å². The van der Waals surface area contributed by atoms with Crippen molar-refractivity contribution in [1.82, 2.24) is 0 Å². The minimum atomic E-state index is -0.170. The van der Waals surface area contributed by atoms with Crippen molar-refractivity contribution in [3.8, 4) is 0 Å². The Morgan fingerprint density at radius 2 is 2.23 bits per heavy atom. The number of ether oxygens (including phenoxy) is 2. The van der Waals surface area contributed by atoms with E-state index in [-0.39, 0.29) is 5.97 Å². The maximum atomic E-state index is 11.6. The first-order chi connectivity index (χ1) is 10.7. The Bertz CT molecular complexity index is 746. The average molecular weight is 300 g/mol. The molecule has 0 saturated heterocycles. The molecule has 0 bridgehead atoms. The summed E-state index contributed by atoms with van der Waals surface area (Å²) >= 11 is 0. The highest BCUT2D eigenvalue weighted by molar-refractivity contribution is 5.70.